The van der Waals surface area contributed by atoms with Crippen LogP contribution in [0.2, 0.25) is 0 Å². The van der Waals surface area contributed by atoms with E-state index < -0.39 is 22.5 Å². The van der Waals surface area contributed by atoms with E-state index in [2.05, 4.69) is 5.32 Å². The van der Waals surface area contributed by atoms with Crippen LogP contribution in [0.1, 0.15) is 41.0 Å². The molecule has 0 saturated heterocycles. The first-order valence-corrected chi connectivity index (χ1v) is 6.12. The smallest absolute Gasteiger partial charge is 0.335 e. The van der Waals surface area contributed by atoms with E-state index in [0.717, 1.165) is 24.6 Å². The van der Waals surface area contributed by atoms with E-state index in [1.807, 2.05) is 13.8 Å². The Balaban J connectivity index is 2.95. The number of benzene rings is 1. The van der Waals surface area contributed by atoms with E-state index in [1.165, 1.54) is 0 Å². The highest BCUT2D eigenvalue weighted by Gasteiger charge is 2.17. The van der Waals surface area contributed by atoms with Gasteiger partial charge in [-0.05, 0) is 18.4 Å². The van der Waals surface area contributed by atoms with Crippen LogP contribution in [-0.4, -0.2) is 28.5 Å². The third kappa shape index (κ3) is 4.34. The van der Waals surface area contributed by atoms with Gasteiger partial charge in [-0.2, -0.15) is 0 Å². The van der Waals surface area contributed by atoms with Crippen molar-refractivity contribution in [2.75, 3.05) is 6.54 Å². The van der Waals surface area contributed by atoms with Crippen LogP contribution in [0.3, 0.4) is 0 Å². The number of amides is 1. The molecule has 0 fully saturated rings. The fourth-order valence-corrected chi connectivity index (χ4v) is 1.55. The lowest BCUT2D eigenvalue weighted by atomic mass is 10.1. The van der Waals surface area contributed by atoms with Gasteiger partial charge in [0, 0.05) is 24.2 Å². The first-order valence-electron chi connectivity index (χ1n) is 6.12. The molecule has 0 aromatic heterocycles. The van der Waals surface area contributed by atoms with E-state index in [1.54, 1.807) is 0 Å². The summed E-state index contributed by atoms with van der Waals surface area (Å²) in [7, 11) is 0. The number of nitrogens with zero attached hydrogens (tertiary/aromatic N) is 1. The lowest BCUT2D eigenvalue weighted by Crippen LogP contribution is -2.25. The van der Waals surface area contributed by atoms with Crippen molar-refractivity contribution in [3.63, 3.8) is 0 Å². The van der Waals surface area contributed by atoms with Crippen molar-refractivity contribution in [1.29, 1.82) is 0 Å². The average Bonchev–Trinajstić information content (AvgIpc) is 2.37. The Morgan fingerprint density at radius 3 is 2.40 bits per heavy atom. The van der Waals surface area contributed by atoms with Crippen LogP contribution < -0.4 is 5.32 Å². The maximum Gasteiger partial charge on any atom is 0.335 e. The Labute approximate surface area is 115 Å². The predicted octanol–water partition coefficient (Wildman–Crippen LogP) is 2.07. The molecule has 0 bridgehead atoms. The standard InChI is InChI=1S/C13H16N2O5/c1-8(2)3-4-14-12(16)9-5-10(13(17)18)7-11(6-9)15(19)20/h5-8H,3-4H2,1-2H3,(H,14,16)(H,17,18). The second-order valence-corrected chi connectivity index (χ2v) is 4.77. The number of nitro benzene ring substituents is 1. The average molecular weight is 280 g/mol. The SMILES string of the molecule is CC(C)CCNC(=O)c1cc(C(=O)O)cc([N+](=O)[O-])c1. The highest BCUT2D eigenvalue weighted by Crippen LogP contribution is 2.17. The zero-order valence-corrected chi connectivity index (χ0v) is 11.3. The number of aromatic carboxylic acids is 1. The van der Waals surface area contributed by atoms with Crippen LogP contribution in [0.15, 0.2) is 18.2 Å². The molecule has 1 aromatic carbocycles. The van der Waals surface area contributed by atoms with Crippen molar-refractivity contribution in [3.05, 3.63) is 39.4 Å². The van der Waals surface area contributed by atoms with Gasteiger partial charge in [-0.15, -0.1) is 0 Å². The molecule has 1 amide bonds. The van der Waals surface area contributed by atoms with E-state index in [9.17, 15) is 19.7 Å². The van der Waals surface area contributed by atoms with Crippen molar-refractivity contribution in [2.24, 2.45) is 5.92 Å². The van der Waals surface area contributed by atoms with Gasteiger partial charge in [-0.25, -0.2) is 4.79 Å². The fraction of sp³-hybridized carbons (Fsp3) is 0.385. The fourth-order valence-electron chi connectivity index (χ4n) is 1.55. The number of carboxylic acid groups (broad SMARTS) is 1. The maximum atomic E-state index is 11.8. The number of nitro groups is 1. The molecule has 1 aromatic rings. The van der Waals surface area contributed by atoms with Gasteiger partial charge in [0.15, 0.2) is 0 Å². The Kier molecular flexibility index (Phi) is 5.19. The largest absolute Gasteiger partial charge is 0.478 e. The maximum absolute atomic E-state index is 11.8. The van der Waals surface area contributed by atoms with E-state index >= 15 is 0 Å². The third-order valence-corrected chi connectivity index (χ3v) is 2.64. The van der Waals surface area contributed by atoms with Crippen LogP contribution in [0, 0.1) is 16.0 Å². The van der Waals surface area contributed by atoms with E-state index in [0.29, 0.717) is 12.5 Å². The van der Waals surface area contributed by atoms with Gasteiger partial charge in [-0.1, -0.05) is 13.8 Å². The molecule has 2 N–H and O–H groups in total. The number of hydrogen-bond acceptors (Lipinski definition) is 4. The summed E-state index contributed by atoms with van der Waals surface area (Å²) in [6.45, 7) is 4.44. The van der Waals surface area contributed by atoms with Crippen LogP contribution in [0.25, 0.3) is 0 Å². The number of nitrogens with one attached hydrogen (secondary N) is 1. The van der Waals surface area contributed by atoms with E-state index in [-0.39, 0.29) is 11.1 Å². The van der Waals surface area contributed by atoms with E-state index in [4.69, 9.17) is 5.11 Å². The topological polar surface area (TPSA) is 110 Å². The summed E-state index contributed by atoms with van der Waals surface area (Å²) in [5, 5.41) is 22.2. The number of rotatable bonds is 6. The van der Waals surface area contributed by atoms with Crippen LogP contribution in [-0.2, 0) is 0 Å². The molecule has 7 nitrogen and oxygen atoms in total. The molecule has 0 aliphatic carbocycles. The predicted molar refractivity (Wildman–Crippen MR) is 71.8 cm³/mol. The van der Waals surface area contributed by atoms with Crippen molar-refractivity contribution >= 4 is 17.6 Å². The second-order valence-electron chi connectivity index (χ2n) is 4.77. The molecule has 0 aliphatic heterocycles. The lowest BCUT2D eigenvalue weighted by Gasteiger charge is -2.07. The first kappa shape index (κ1) is 15.6. The number of hydrogen-bond donors (Lipinski definition) is 2. The van der Waals surface area contributed by atoms with Crippen molar-refractivity contribution < 1.29 is 19.6 Å². The zero-order chi connectivity index (χ0) is 15.3. The van der Waals surface area contributed by atoms with Crippen LogP contribution >= 0.6 is 0 Å². The number of carbonyl (C=O) groups excluding carboxylic acids is 1. The highest BCUT2D eigenvalue weighted by molar-refractivity contribution is 5.98. The van der Waals surface area contributed by atoms with Crippen molar-refractivity contribution in [3.8, 4) is 0 Å². The van der Waals surface area contributed by atoms with Crippen molar-refractivity contribution in [2.45, 2.75) is 20.3 Å². The molecule has 0 unspecified atom stereocenters. The molecular weight excluding hydrogens is 264 g/mol. The molecular formula is C13H16N2O5. The Hall–Kier alpha value is -2.44. The summed E-state index contributed by atoms with van der Waals surface area (Å²) in [4.78, 5) is 32.8. The lowest BCUT2D eigenvalue weighted by molar-refractivity contribution is -0.384. The quantitative estimate of drug-likeness (QED) is 0.612. The minimum atomic E-state index is -1.31. The molecule has 0 spiro atoms. The molecule has 1 rings (SSSR count). The summed E-state index contributed by atoms with van der Waals surface area (Å²) >= 11 is 0. The third-order valence-electron chi connectivity index (χ3n) is 2.64. The van der Waals surface area contributed by atoms with Gasteiger partial charge in [0.05, 0.1) is 10.5 Å². The summed E-state index contributed by atoms with van der Waals surface area (Å²) in [6.07, 6.45) is 0.770. The summed E-state index contributed by atoms with van der Waals surface area (Å²) in [5.74, 6) is -1.42. The van der Waals surface area contributed by atoms with Crippen LogP contribution in [0.5, 0.6) is 0 Å². The normalized spacial score (nSPS) is 10.3. The van der Waals surface area contributed by atoms with Gasteiger partial charge >= 0.3 is 5.97 Å². The molecule has 7 heteroatoms. The second kappa shape index (κ2) is 6.65. The number of non-ortho nitro benzene ring substituents is 1. The summed E-state index contributed by atoms with van der Waals surface area (Å²) in [6, 6.07) is 3.12. The molecule has 0 atom stereocenters. The minimum absolute atomic E-state index is 0.0274. The zero-order valence-electron chi connectivity index (χ0n) is 11.3. The highest BCUT2D eigenvalue weighted by atomic mass is 16.6. The Morgan fingerprint density at radius 1 is 1.30 bits per heavy atom. The molecule has 0 aliphatic rings. The molecule has 108 valence electrons. The molecule has 20 heavy (non-hydrogen) atoms. The summed E-state index contributed by atoms with van der Waals surface area (Å²) in [5.41, 5.74) is -0.729. The van der Waals surface area contributed by atoms with Gasteiger partial charge in [-0.3, -0.25) is 14.9 Å². The minimum Gasteiger partial charge on any atom is -0.478 e. The Morgan fingerprint density at radius 2 is 1.90 bits per heavy atom. The molecule has 0 radical (unpaired) electrons. The van der Waals surface area contributed by atoms with Gasteiger partial charge in [0.1, 0.15) is 0 Å². The molecule has 0 saturated carbocycles. The Bertz CT molecular complexity index is 507. The summed E-state index contributed by atoms with van der Waals surface area (Å²) < 4.78 is 0. The van der Waals surface area contributed by atoms with Gasteiger partial charge in [0.2, 0.25) is 0 Å². The number of carbonyl (C=O) groups is 2. The first-order chi connectivity index (χ1) is 9.31. The van der Waals surface area contributed by atoms with Gasteiger partial charge < -0.3 is 10.4 Å². The van der Waals surface area contributed by atoms with Crippen molar-refractivity contribution in [1.82, 2.24) is 5.32 Å². The molecule has 0 heterocycles. The monoisotopic (exact) mass is 280 g/mol. The van der Waals surface area contributed by atoms with Gasteiger partial charge in [0.25, 0.3) is 11.6 Å². The number of carboxylic acids is 1. The van der Waals surface area contributed by atoms with Crippen LogP contribution in [0.4, 0.5) is 5.69 Å².